The molecule has 66 valence electrons. The molecular formula is C8H17NS2. The molecule has 0 amide bonds. The van der Waals surface area contributed by atoms with E-state index in [-0.39, 0.29) is 4.75 Å². The van der Waals surface area contributed by atoms with Gasteiger partial charge in [0.1, 0.15) is 4.32 Å². The van der Waals surface area contributed by atoms with E-state index in [4.69, 9.17) is 12.2 Å². The van der Waals surface area contributed by atoms with Gasteiger partial charge in [-0.15, -0.1) is 0 Å². The summed E-state index contributed by atoms with van der Waals surface area (Å²) in [6.45, 7) is 6.62. The van der Waals surface area contributed by atoms with Gasteiger partial charge in [0, 0.05) is 18.8 Å². The first-order chi connectivity index (χ1) is 4.89. The summed E-state index contributed by atoms with van der Waals surface area (Å²) in [6, 6.07) is 0. The summed E-state index contributed by atoms with van der Waals surface area (Å²) in [5.41, 5.74) is 0. The van der Waals surface area contributed by atoms with E-state index < -0.39 is 0 Å². The third kappa shape index (κ3) is 4.64. The molecule has 0 aromatic rings. The zero-order chi connectivity index (χ0) is 9.07. The topological polar surface area (TPSA) is 3.24 Å². The number of thioether (sulfide) groups is 1. The summed E-state index contributed by atoms with van der Waals surface area (Å²) in [4.78, 5) is 1.98. The molecule has 0 saturated heterocycles. The second kappa shape index (κ2) is 4.31. The second-order valence-corrected chi connectivity index (χ2v) is 5.72. The van der Waals surface area contributed by atoms with Crippen molar-refractivity contribution >= 4 is 28.3 Å². The molecule has 0 fully saturated rings. The Kier molecular flexibility index (Phi) is 4.41. The standard InChI is InChI=1S/C8H17NS2/c1-6-8(2,3)11-7(10)9(4)5/h6H2,1-5H3. The van der Waals surface area contributed by atoms with Crippen LogP contribution in [0.5, 0.6) is 0 Å². The van der Waals surface area contributed by atoms with Gasteiger partial charge in [-0.05, 0) is 6.42 Å². The van der Waals surface area contributed by atoms with Gasteiger partial charge < -0.3 is 4.90 Å². The first-order valence-electron chi connectivity index (χ1n) is 3.79. The molecule has 11 heavy (non-hydrogen) atoms. The van der Waals surface area contributed by atoms with Gasteiger partial charge in [0.25, 0.3) is 0 Å². The Morgan fingerprint density at radius 2 is 1.91 bits per heavy atom. The maximum atomic E-state index is 5.18. The molecule has 0 unspecified atom stereocenters. The fourth-order valence-corrected chi connectivity index (χ4v) is 1.88. The molecule has 0 radical (unpaired) electrons. The SMILES string of the molecule is CCC(C)(C)SC(=S)N(C)C. The van der Waals surface area contributed by atoms with Gasteiger partial charge >= 0.3 is 0 Å². The zero-order valence-electron chi connectivity index (χ0n) is 7.97. The van der Waals surface area contributed by atoms with Crippen molar-refractivity contribution in [3.05, 3.63) is 0 Å². The van der Waals surface area contributed by atoms with E-state index >= 15 is 0 Å². The van der Waals surface area contributed by atoms with Crippen molar-refractivity contribution in [2.24, 2.45) is 0 Å². The van der Waals surface area contributed by atoms with Crippen LogP contribution in [0.2, 0.25) is 0 Å². The summed E-state index contributed by atoms with van der Waals surface area (Å²) in [5, 5.41) is 0. The summed E-state index contributed by atoms with van der Waals surface area (Å²) < 4.78 is 1.25. The van der Waals surface area contributed by atoms with Gasteiger partial charge in [0.05, 0.1) is 0 Å². The second-order valence-electron chi connectivity index (χ2n) is 3.38. The lowest BCUT2D eigenvalue weighted by molar-refractivity contribution is 0.641. The predicted molar refractivity (Wildman–Crippen MR) is 58.2 cm³/mol. The first kappa shape index (κ1) is 11.2. The highest BCUT2D eigenvalue weighted by molar-refractivity contribution is 8.23. The van der Waals surface area contributed by atoms with E-state index in [0.29, 0.717) is 0 Å². The summed E-state index contributed by atoms with van der Waals surface area (Å²) in [5.74, 6) is 0. The Bertz CT molecular complexity index is 141. The van der Waals surface area contributed by atoms with E-state index in [0.717, 1.165) is 10.7 Å². The Morgan fingerprint density at radius 3 is 2.18 bits per heavy atom. The molecule has 0 rings (SSSR count). The summed E-state index contributed by atoms with van der Waals surface area (Å²) >= 11 is 6.95. The highest BCUT2D eigenvalue weighted by Gasteiger charge is 2.18. The maximum Gasteiger partial charge on any atom is 0.136 e. The van der Waals surface area contributed by atoms with Crippen LogP contribution in [0.3, 0.4) is 0 Å². The molecule has 0 aromatic heterocycles. The summed E-state index contributed by atoms with van der Waals surface area (Å²) in [6.07, 6.45) is 1.14. The third-order valence-electron chi connectivity index (χ3n) is 1.58. The molecule has 3 heteroatoms. The van der Waals surface area contributed by atoms with E-state index in [2.05, 4.69) is 20.8 Å². The van der Waals surface area contributed by atoms with Crippen molar-refractivity contribution in [2.75, 3.05) is 14.1 Å². The molecule has 0 bridgehead atoms. The Hall–Kier alpha value is 0.240. The van der Waals surface area contributed by atoms with Crippen molar-refractivity contribution in [3.8, 4) is 0 Å². The van der Waals surface area contributed by atoms with Gasteiger partial charge in [0.15, 0.2) is 0 Å². The van der Waals surface area contributed by atoms with Gasteiger partial charge in [-0.1, -0.05) is 44.8 Å². The Morgan fingerprint density at radius 1 is 1.45 bits per heavy atom. The van der Waals surface area contributed by atoms with Gasteiger partial charge in [0.2, 0.25) is 0 Å². The van der Waals surface area contributed by atoms with Crippen molar-refractivity contribution in [3.63, 3.8) is 0 Å². The molecule has 0 N–H and O–H groups in total. The minimum absolute atomic E-state index is 0.279. The lowest BCUT2D eigenvalue weighted by Crippen LogP contribution is -2.23. The average Bonchev–Trinajstić information content (AvgIpc) is 1.87. The van der Waals surface area contributed by atoms with Crippen LogP contribution >= 0.6 is 24.0 Å². The summed E-state index contributed by atoms with van der Waals surface area (Å²) in [7, 11) is 3.97. The average molecular weight is 191 g/mol. The number of thiocarbonyl (C=S) groups is 1. The Balaban J connectivity index is 3.94. The van der Waals surface area contributed by atoms with Crippen LogP contribution in [0.4, 0.5) is 0 Å². The van der Waals surface area contributed by atoms with Crippen LogP contribution in [-0.2, 0) is 0 Å². The molecule has 0 aromatic carbocycles. The largest absolute Gasteiger partial charge is 0.364 e. The fourth-order valence-electron chi connectivity index (χ4n) is 0.400. The Labute approximate surface area is 79.5 Å². The molecule has 0 saturated carbocycles. The van der Waals surface area contributed by atoms with Crippen LogP contribution in [0.1, 0.15) is 27.2 Å². The molecular weight excluding hydrogens is 174 g/mol. The third-order valence-corrected chi connectivity index (χ3v) is 3.58. The molecule has 1 nitrogen and oxygen atoms in total. The molecule has 0 heterocycles. The normalized spacial score (nSPS) is 11.4. The van der Waals surface area contributed by atoms with Crippen molar-refractivity contribution in [1.82, 2.24) is 4.90 Å². The predicted octanol–water partition coefficient (Wildman–Crippen LogP) is 2.75. The van der Waals surface area contributed by atoms with E-state index in [9.17, 15) is 0 Å². The first-order valence-corrected chi connectivity index (χ1v) is 5.02. The van der Waals surface area contributed by atoms with Crippen molar-refractivity contribution < 1.29 is 0 Å². The van der Waals surface area contributed by atoms with E-state index in [1.54, 1.807) is 11.8 Å². The molecule has 0 aliphatic rings. The monoisotopic (exact) mass is 191 g/mol. The van der Waals surface area contributed by atoms with Gasteiger partial charge in [-0.2, -0.15) is 0 Å². The number of hydrogen-bond donors (Lipinski definition) is 0. The number of nitrogens with zero attached hydrogens (tertiary/aromatic N) is 1. The van der Waals surface area contributed by atoms with Crippen LogP contribution < -0.4 is 0 Å². The van der Waals surface area contributed by atoms with Gasteiger partial charge in [-0.3, -0.25) is 0 Å². The number of hydrogen-bond acceptors (Lipinski definition) is 2. The molecule has 0 atom stereocenters. The lowest BCUT2D eigenvalue weighted by atomic mass is 10.1. The smallest absolute Gasteiger partial charge is 0.136 e. The highest BCUT2D eigenvalue weighted by atomic mass is 32.2. The number of rotatable bonds is 2. The quantitative estimate of drug-likeness (QED) is 0.618. The van der Waals surface area contributed by atoms with Crippen molar-refractivity contribution in [2.45, 2.75) is 31.9 Å². The van der Waals surface area contributed by atoms with Crippen LogP contribution in [0.25, 0.3) is 0 Å². The minimum atomic E-state index is 0.279. The van der Waals surface area contributed by atoms with E-state index in [1.165, 1.54) is 0 Å². The zero-order valence-corrected chi connectivity index (χ0v) is 9.60. The lowest BCUT2D eigenvalue weighted by Gasteiger charge is -2.24. The van der Waals surface area contributed by atoms with Gasteiger partial charge in [-0.25, -0.2) is 0 Å². The van der Waals surface area contributed by atoms with Crippen LogP contribution in [-0.4, -0.2) is 28.1 Å². The minimum Gasteiger partial charge on any atom is -0.364 e. The molecule has 0 spiro atoms. The highest BCUT2D eigenvalue weighted by Crippen LogP contribution is 2.29. The fraction of sp³-hybridized carbons (Fsp3) is 0.875. The maximum absolute atomic E-state index is 5.18. The van der Waals surface area contributed by atoms with Crippen LogP contribution in [0.15, 0.2) is 0 Å². The molecule has 0 aliphatic carbocycles. The van der Waals surface area contributed by atoms with Crippen molar-refractivity contribution in [1.29, 1.82) is 0 Å². The van der Waals surface area contributed by atoms with Crippen LogP contribution in [0, 0.1) is 0 Å². The molecule has 0 aliphatic heterocycles. The van der Waals surface area contributed by atoms with E-state index in [1.807, 2.05) is 19.0 Å².